The van der Waals surface area contributed by atoms with Crippen molar-refractivity contribution in [2.75, 3.05) is 30.3 Å². The van der Waals surface area contributed by atoms with E-state index < -0.39 is 0 Å². The maximum absolute atomic E-state index is 5.60. The number of anilines is 2. The lowest BCUT2D eigenvalue weighted by Crippen LogP contribution is -2.59. The number of nitrogens with two attached hydrogens (primary N) is 1. The fourth-order valence-electron chi connectivity index (χ4n) is 3.15. The average molecular weight is 247 g/mol. The van der Waals surface area contributed by atoms with Gasteiger partial charge in [0.15, 0.2) is 0 Å². The van der Waals surface area contributed by atoms with Gasteiger partial charge < -0.3 is 10.6 Å². The van der Waals surface area contributed by atoms with Crippen LogP contribution in [0.3, 0.4) is 0 Å². The monoisotopic (exact) mass is 247 g/mol. The smallest absolute Gasteiger partial charge is 0.147 e. The van der Waals surface area contributed by atoms with Gasteiger partial charge in [-0.05, 0) is 26.3 Å². The number of piperidine rings is 1. The molecule has 98 valence electrons. The Kier molecular flexibility index (Phi) is 3.07. The molecule has 2 aliphatic rings. The summed E-state index contributed by atoms with van der Waals surface area (Å²) < 4.78 is 0. The van der Waals surface area contributed by atoms with Crippen molar-refractivity contribution in [1.82, 2.24) is 14.9 Å². The van der Waals surface area contributed by atoms with Gasteiger partial charge in [0.2, 0.25) is 0 Å². The van der Waals surface area contributed by atoms with E-state index in [1.807, 2.05) is 0 Å². The second-order valence-corrected chi connectivity index (χ2v) is 5.45. The van der Waals surface area contributed by atoms with E-state index in [0.29, 0.717) is 17.9 Å². The first-order valence-corrected chi connectivity index (χ1v) is 6.82. The van der Waals surface area contributed by atoms with Crippen LogP contribution >= 0.6 is 0 Å². The van der Waals surface area contributed by atoms with E-state index in [1.54, 1.807) is 12.4 Å². The predicted octanol–water partition coefficient (Wildman–Crippen LogP) is 1.12. The number of fused-ring (bicyclic) bond motifs is 1. The summed E-state index contributed by atoms with van der Waals surface area (Å²) in [7, 11) is 0. The Bertz CT molecular complexity index is 404. The number of hydrogen-bond donors (Lipinski definition) is 1. The first-order chi connectivity index (χ1) is 8.74. The Morgan fingerprint density at radius 3 is 2.89 bits per heavy atom. The van der Waals surface area contributed by atoms with Gasteiger partial charge in [0.05, 0.1) is 12.4 Å². The molecule has 2 saturated heterocycles. The zero-order valence-corrected chi connectivity index (χ0v) is 10.9. The Hall–Kier alpha value is -1.36. The molecule has 1 aromatic heterocycles. The van der Waals surface area contributed by atoms with Crippen molar-refractivity contribution in [3.05, 3.63) is 12.4 Å². The number of nitrogens with zero attached hydrogens (tertiary/aromatic N) is 4. The summed E-state index contributed by atoms with van der Waals surface area (Å²) in [5.41, 5.74) is 5.60. The van der Waals surface area contributed by atoms with E-state index in [9.17, 15) is 0 Å². The normalized spacial score (nSPS) is 29.1. The van der Waals surface area contributed by atoms with Crippen molar-refractivity contribution < 1.29 is 0 Å². The molecule has 3 rings (SSSR count). The van der Waals surface area contributed by atoms with Crippen LogP contribution in [-0.2, 0) is 0 Å². The Morgan fingerprint density at radius 1 is 1.22 bits per heavy atom. The molecule has 2 fully saturated rings. The summed E-state index contributed by atoms with van der Waals surface area (Å²) in [6, 6.07) is 1.19. The minimum atomic E-state index is 0.489. The van der Waals surface area contributed by atoms with Gasteiger partial charge in [0.1, 0.15) is 11.6 Å². The topological polar surface area (TPSA) is 58.3 Å². The first-order valence-electron chi connectivity index (χ1n) is 6.82. The Balaban J connectivity index is 1.77. The van der Waals surface area contributed by atoms with Crippen molar-refractivity contribution in [2.45, 2.75) is 38.3 Å². The predicted molar refractivity (Wildman–Crippen MR) is 72.5 cm³/mol. The van der Waals surface area contributed by atoms with Gasteiger partial charge in [0, 0.05) is 25.2 Å². The van der Waals surface area contributed by atoms with E-state index in [-0.39, 0.29) is 0 Å². The fourth-order valence-corrected chi connectivity index (χ4v) is 3.15. The van der Waals surface area contributed by atoms with Gasteiger partial charge in [0.25, 0.3) is 0 Å². The van der Waals surface area contributed by atoms with Crippen LogP contribution < -0.4 is 10.6 Å². The van der Waals surface area contributed by atoms with Crippen LogP contribution in [0.4, 0.5) is 11.6 Å². The van der Waals surface area contributed by atoms with Crippen LogP contribution in [-0.4, -0.2) is 46.6 Å². The van der Waals surface area contributed by atoms with Crippen LogP contribution in [0, 0.1) is 0 Å². The van der Waals surface area contributed by atoms with E-state index >= 15 is 0 Å². The Labute approximate surface area is 108 Å². The van der Waals surface area contributed by atoms with Crippen LogP contribution in [0.2, 0.25) is 0 Å². The number of nitrogen functional groups attached to an aromatic ring is 1. The van der Waals surface area contributed by atoms with Crippen LogP contribution in [0.1, 0.15) is 26.2 Å². The lowest BCUT2D eigenvalue weighted by atomic mass is 9.97. The lowest BCUT2D eigenvalue weighted by molar-refractivity contribution is 0.115. The molecule has 5 nitrogen and oxygen atoms in total. The minimum Gasteiger partial charge on any atom is -0.382 e. The fraction of sp³-hybridized carbons (Fsp3) is 0.692. The largest absolute Gasteiger partial charge is 0.382 e. The molecule has 0 saturated carbocycles. The molecular formula is C13H21N5. The molecule has 2 atom stereocenters. The third-order valence-corrected chi connectivity index (χ3v) is 4.14. The molecule has 3 heterocycles. The van der Waals surface area contributed by atoms with E-state index in [1.165, 1.54) is 25.8 Å². The summed E-state index contributed by atoms with van der Waals surface area (Å²) in [4.78, 5) is 13.6. The van der Waals surface area contributed by atoms with Gasteiger partial charge in [-0.1, -0.05) is 6.42 Å². The van der Waals surface area contributed by atoms with Crippen molar-refractivity contribution in [3.63, 3.8) is 0 Å². The molecule has 0 radical (unpaired) electrons. The van der Waals surface area contributed by atoms with E-state index in [2.05, 4.69) is 26.7 Å². The summed E-state index contributed by atoms with van der Waals surface area (Å²) in [5.74, 6) is 1.45. The third kappa shape index (κ3) is 2.14. The SMILES string of the molecule is CC1CN2CCCCC2CN1c1cnc(N)cn1. The summed E-state index contributed by atoms with van der Waals surface area (Å²) in [6.45, 7) is 5.73. The van der Waals surface area contributed by atoms with Crippen molar-refractivity contribution in [2.24, 2.45) is 0 Å². The quantitative estimate of drug-likeness (QED) is 0.806. The molecule has 18 heavy (non-hydrogen) atoms. The molecule has 0 aliphatic carbocycles. The average Bonchev–Trinajstić information content (AvgIpc) is 2.39. The maximum atomic E-state index is 5.60. The van der Waals surface area contributed by atoms with Crippen molar-refractivity contribution in [3.8, 4) is 0 Å². The molecular weight excluding hydrogens is 226 g/mol. The molecule has 2 aliphatic heterocycles. The van der Waals surface area contributed by atoms with Crippen molar-refractivity contribution in [1.29, 1.82) is 0 Å². The maximum Gasteiger partial charge on any atom is 0.147 e. The highest BCUT2D eigenvalue weighted by molar-refractivity contribution is 5.41. The molecule has 0 spiro atoms. The van der Waals surface area contributed by atoms with Crippen LogP contribution in [0.15, 0.2) is 12.4 Å². The standard InChI is InChI=1S/C13H21N5/c1-10-8-17-5-3-2-4-11(17)9-18(10)13-7-15-12(14)6-16-13/h6-7,10-11H,2-5,8-9H2,1H3,(H2,14,15). The molecule has 1 aromatic rings. The molecule has 2 unspecified atom stereocenters. The molecule has 2 N–H and O–H groups in total. The van der Waals surface area contributed by atoms with Crippen LogP contribution in [0.25, 0.3) is 0 Å². The summed E-state index contributed by atoms with van der Waals surface area (Å²) >= 11 is 0. The van der Waals surface area contributed by atoms with E-state index in [4.69, 9.17) is 5.73 Å². The number of rotatable bonds is 1. The lowest BCUT2D eigenvalue weighted by Gasteiger charge is -2.47. The first kappa shape index (κ1) is 11.7. The third-order valence-electron chi connectivity index (χ3n) is 4.14. The molecule has 5 heteroatoms. The van der Waals surface area contributed by atoms with Gasteiger partial charge in [-0.25, -0.2) is 9.97 Å². The number of hydrogen-bond acceptors (Lipinski definition) is 5. The summed E-state index contributed by atoms with van der Waals surface area (Å²) in [6.07, 6.45) is 7.47. The van der Waals surface area contributed by atoms with Gasteiger partial charge >= 0.3 is 0 Å². The van der Waals surface area contributed by atoms with E-state index in [0.717, 1.165) is 18.9 Å². The van der Waals surface area contributed by atoms with Crippen LogP contribution in [0.5, 0.6) is 0 Å². The van der Waals surface area contributed by atoms with Gasteiger partial charge in [-0.15, -0.1) is 0 Å². The second-order valence-electron chi connectivity index (χ2n) is 5.45. The molecule has 0 bridgehead atoms. The summed E-state index contributed by atoms with van der Waals surface area (Å²) in [5, 5.41) is 0. The number of aromatic nitrogens is 2. The second kappa shape index (κ2) is 4.72. The zero-order valence-electron chi connectivity index (χ0n) is 10.9. The zero-order chi connectivity index (χ0) is 12.5. The minimum absolute atomic E-state index is 0.489. The van der Waals surface area contributed by atoms with Gasteiger partial charge in [-0.3, -0.25) is 4.90 Å². The number of piperazine rings is 1. The Morgan fingerprint density at radius 2 is 2.11 bits per heavy atom. The highest BCUT2D eigenvalue weighted by Crippen LogP contribution is 2.26. The molecule has 0 aromatic carbocycles. The highest BCUT2D eigenvalue weighted by atomic mass is 15.3. The molecule has 0 amide bonds. The highest BCUT2D eigenvalue weighted by Gasteiger charge is 2.33. The van der Waals surface area contributed by atoms with Gasteiger partial charge in [-0.2, -0.15) is 0 Å². The van der Waals surface area contributed by atoms with Crippen molar-refractivity contribution >= 4 is 11.6 Å².